The van der Waals surface area contributed by atoms with Crippen LogP contribution in [0.25, 0.3) is 0 Å². The number of alkyl halides is 3. The summed E-state index contributed by atoms with van der Waals surface area (Å²) in [6, 6.07) is 1.17. The molecule has 0 aromatic carbocycles. The average Bonchev–Trinajstić information content (AvgIpc) is 2.69. The minimum Gasteiger partial charge on any atom is -0.464 e. The van der Waals surface area contributed by atoms with Crippen molar-refractivity contribution in [2.24, 2.45) is 5.73 Å². The summed E-state index contributed by atoms with van der Waals surface area (Å²) in [6.07, 6.45) is -4.33. The Kier molecular flexibility index (Phi) is 5.22. The van der Waals surface area contributed by atoms with Crippen LogP contribution in [0.2, 0.25) is 0 Å². The van der Waals surface area contributed by atoms with Crippen LogP contribution in [0.5, 0.6) is 0 Å². The highest BCUT2D eigenvalue weighted by Crippen LogP contribution is 2.26. The number of aryl methyl sites for hydroxylation is 1. The van der Waals surface area contributed by atoms with E-state index in [4.69, 9.17) is 10.2 Å². The Hall–Kier alpha value is -1.06. The highest BCUT2D eigenvalue weighted by atomic mass is 32.2. The van der Waals surface area contributed by atoms with Gasteiger partial charge in [-0.15, -0.1) is 0 Å². The Morgan fingerprint density at radius 3 is 2.40 bits per heavy atom. The maximum atomic E-state index is 12.5. The van der Waals surface area contributed by atoms with E-state index in [1.807, 2.05) is 0 Å². The fourth-order valence-electron chi connectivity index (χ4n) is 1.75. The van der Waals surface area contributed by atoms with Gasteiger partial charge in [-0.1, -0.05) is 6.92 Å². The van der Waals surface area contributed by atoms with Gasteiger partial charge in [-0.25, -0.2) is 8.42 Å². The standard InChI is InChI=1S/C11H17F3N2O3S/c1-3-4-16(7-11(12,13)14)20(17,18)10-5-9(6-15)19-8(10)2/h5H,3-4,6-7,15H2,1-2H3. The minimum atomic E-state index is -4.60. The third kappa shape index (κ3) is 3.97. The van der Waals surface area contributed by atoms with E-state index in [1.165, 1.54) is 13.0 Å². The number of hydrogen-bond donors (Lipinski definition) is 1. The van der Waals surface area contributed by atoms with Crippen molar-refractivity contribution in [3.63, 3.8) is 0 Å². The average molecular weight is 314 g/mol. The highest BCUT2D eigenvalue weighted by Gasteiger charge is 2.37. The predicted molar refractivity (Wildman–Crippen MR) is 66.4 cm³/mol. The van der Waals surface area contributed by atoms with E-state index in [-0.39, 0.29) is 35.9 Å². The van der Waals surface area contributed by atoms with E-state index < -0.39 is 22.7 Å². The van der Waals surface area contributed by atoms with Gasteiger partial charge in [0.15, 0.2) is 0 Å². The Morgan fingerprint density at radius 1 is 1.40 bits per heavy atom. The molecule has 0 aliphatic carbocycles. The summed E-state index contributed by atoms with van der Waals surface area (Å²) in [5.41, 5.74) is 5.33. The van der Waals surface area contributed by atoms with E-state index in [1.54, 1.807) is 6.92 Å². The molecule has 0 amide bonds. The first kappa shape index (κ1) is 17.0. The van der Waals surface area contributed by atoms with Crippen molar-refractivity contribution in [3.8, 4) is 0 Å². The molecule has 0 atom stereocenters. The number of sulfonamides is 1. The number of nitrogens with zero attached hydrogens (tertiary/aromatic N) is 1. The second-order valence-electron chi connectivity index (χ2n) is 4.29. The van der Waals surface area contributed by atoms with Crippen molar-refractivity contribution in [1.29, 1.82) is 0 Å². The quantitative estimate of drug-likeness (QED) is 0.871. The summed E-state index contributed by atoms with van der Waals surface area (Å²) < 4.78 is 67.5. The summed E-state index contributed by atoms with van der Waals surface area (Å²) in [6.45, 7) is 1.22. The topological polar surface area (TPSA) is 76.5 Å². The molecule has 0 bridgehead atoms. The zero-order chi connectivity index (χ0) is 15.6. The first-order chi connectivity index (χ1) is 9.11. The molecule has 0 saturated carbocycles. The molecule has 0 aliphatic heterocycles. The fourth-order valence-corrected chi connectivity index (χ4v) is 3.46. The molecule has 0 saturated heterocycles. The number of rotatable bonds is 6. The fraction of sp³-hybridized carbons (Fsp3) is 0.636. The molecule has 2 N–H and O–H groups in total. The molecule has 1 rings (SSSR count). The zero-order valence-electron chi connectivity index (χ0n) is 11.2. The molecule has 1 aromatic heterocycles. The van der Waals surface area contributed by atoms with E-state index in [0.717, 1.165) is 0 Å². The van der Waals surface area contributed by atoms with Crippen molar-refractivity contribution >= 4 is 10.0 Å². The van der Waals surface area contributed by atoms with Gasteiger partial charge in [0.25, 0.3) is 0 Å². The predicted octanol–water partition coefficient (Wildman–Crippen LogP) is 2.01. The van der Waals surface area contributed by atoms with Crippen molar-refractivity contribution in [2.45, 2.75) is 37.9 Å². The maximum Gasteiger partial charge on any atom is 0.402 e. The Balaban J connectivity index is 3.18. The summed E-state index contributed by atoms with van der Waals surface area (Å²) in [7, 11) is -4.25. The number of nitrogens with two attached hydrogens (primary N) is 1. The normalized spacial score (nSPS) is 13.2. The molecule has 0 radical (unpaired) electrons. The van der Waals surface area contributed by atoms with Gasteiger partial charge in [-0.3, -0.25) is 0 Å². The zero-order valence-corrected chi connectivity index (χ0v) is 12.0. The van der Waals surface area contributed by atoms with E-state index in [9.17, 15) is 21.6 Å². The lowest BCUT2D eigenvalue weighted by Crippen LogP contribution is -2.39. The van der Waals surface area contributed by atoms with Crippen LogP contribution in [0.1, 0.15) is 24.9 Å². The Morgan fingerprint density at radius 2 is 2.00 bits per heavy atom. The van der Waals surface area contributed by atoms with Crippen LogP contribution in [-0.4, -0.2) is 32.0 Å². The summed E-state index contributed by atoms with van der Waals surface area (Å²) in [5, 5.41) is 0. The Bertz CT molecular complexity index is 552. The van der Waals surface area contributed by atoms with Crippen LogP contribution >= 0.6 is 0 Å². The van der Waals surface area contributed by atoms with Crippen molar-refractivity contribution in [3.05, 3.63) is 17.6 Å². The van der Waals surface area contributed by atoms with Gasteiger partial charge in [-0.2, -0.15) is 17.5 Å². The lowest BCUT2D eigenvalue weighted by Gasteiger charge is -2.22. The lowest BCUT2D eigenvalue weighted by atomic mass is 10.4. The van der Waals surface area contributed by atoms with Gasteiger partial charge in [-0.05, 0) is 13.3 Å². The number of furan rings is 1. The second-order valence-corrected chi connectivity index (χ2v) is 6.20. The van der Waals surface area contributed by atoms with Crippen molar-refractivity contribution < 1.29 is 26.0 Å². The molecule has 0 spiro atoms. The molecule has 1 heterocycles. The summed E-state index contributed by atoms with van der Waals surface area (Å²) >= 11 is 0. The first-order valence-corrected chi connectivity index (χ1v) is 7.42. The lowest BCUT2D eigenvalue weighted by molar-refractivity contribution is -0.136. The van der Waals surface area contributed by atoms with Crippen LogP contribution < -0.4 is 5.73 Å². The SMILES string of the molecule is CCCN(CC(F)(F)F)S(=O)(=O)c1cc(CN)oc1C. The third-order valence-corrected chi connectivity index (χ3v) is 4.52. The van der Waals surface area contributed by atoms with Gasteiger partial charge >= 0.3 is 6.18 Å². The number of halogens is 3. The molecular weight excluding hydrogens is 297 g/mol. The second kappa shape index (κ2) is 6.15. The molecular formula is C11H17F3N2O3S. The van der Waals surface area contributed by atoms with Gasteiger partial charge in [0.2, 0.25) is 10.0 Å². The highest BCUT2D eigenvalue weighted by molar-refractivity contribution is 7.89. The molecule has 116 valence electrons. The van der Waals surface area contributed by atoms with Crippen LogP contribution in [0.4, 0.5) is 13.2 Å². The molecule has 0 unspecified atom stereocenters. The molecule has 0 fully saturated rings. The molecule has 5 nitrogen and oxygen atoms in total. The van der Waals surface area contributed by atoms with Gasteiger partial charge < -0.3 is 10.2 Å². The molecule has 20 heavy (non-hydrogen) atoms. The largest absolute Gasteiger partial charge is 0.464 e. The van der Waals surface area contributed by atoms with E-state index in [2.05, 4.69) is 0 Å². The monoisotopic (exact) mass is 314 g/mol. The van der Waals surface area contributed by atoms with Crippen LogP contribution in [0.3, 0.4) is 0 Å². The first-order valence-electron chi connectivity index (χ1n) is 5.98. The maximum absolute atomic E-state index is 12.5. The van der Waals surface area contributed by atoms with Gasteiger partial charge in [0.1, 0.15) is 23.0 Å². The molecule has 1 aromatic rings. The van der Waals surface area contributed by atoms with Gasteiger partial charge in [0, 0.05) is 12.6 Å². The number of hydrogen-bond acceptors (Lipinski definition) is 4. The Labute approximate surface area is 115 Å². The smallest absolute Gasteiger partial charge is 0.402 e. The van der Waals surface area contributed by atoms with Crippen molar-refractivity contribution in [1.82, 2.24) is 4.31 Å². The summed E-state index contributed by atoms with van der Waals surface area (Å²) in [5.74, 6) is 0.248. The van der Waals surface area contributed by atoms with Gasteiger partial charge in [0.05, 0.1) is 6.54 Å². The van der Waals surface area contributed by atoms with Crippen LogP contribution in [0.15, 0.2) is 15.4 Å². The summed E-state index contributed by atoms with van der Waals surface area (Å²) in [4.78, 5) is -0.268. The minimum absolute atomic E-state index is 0.0244. The van der Waals surface area contributed by atoms with E-state index in [0.29, 0.717) is 4.31 Å². The van der Waals surface area contributed by atoms with Crippen LogP contribution in [0, 0.1) is 6.92 Å². The molecule has 0 aliphatic rings. The van der Waals surface area contributed by atoms with Crippen molar-refractivity contribution in [2.75, 3.05) is 13.1 Å². The van der Waals surface area contributed by atoms with Crippen LogP contribution in [-0.2, 0) is 16.6 Å². The third-order valence-electron chi connectivity index (χ3n) is 2.57. The van der Waals surface area contributed by atoms with E-state index >= 15 is 0 Å². The molecule has 9 heteroatoms.